The summed E-state index contributed by atoms with van der Waals surface area (Å²) >= 11 is 6.27. The molecule has 7 heteroatoms. The van der Waals surface area contributed by atoms with Crippen molar-refractivity contribution < 1.29 is 14.4 Å². The molecule has 1 fully saturated rings. The smallest absolute Gasteiger partial charge is 0.259 e. The molecule has 2 heterocycles. The molecule has 0 radical (unpaired) electrons. The van der Waals surface area contributed by atoms with Crippen LogP contribution in [0.15, 0.2) is 77.9 Å². The second-order valence-corrected chi connectivity index (χ2v) is 8.59. The fraction of sp³-hybridized carbons (Fsp3) is 0.154. The molecule has 3 aromatic rings. The van der Waals surface area contributed by atoms with E-state index in [4.69, 9.17) is 11.6 Å². The number of amides is 2. The first-order chi connectivity index (χ1) is 15.9. The molecule has 3 aromatic carbocycles. The van der Waals surface area contributed by atoms with Crippen LogP contribution in [0.5, 0.6) is 0 Å². The van der Waals surface area contributed by atoms with Crippen molar-refractivity contribution in [1.82, 2.24) is 0 Å². The van der Waals surface area contributed by atoms with Crippen molar-refractivity contribution in [1.29, 1.82) is 0 Å². The maximum atomic E-state index is 13.7. The Morgan fingerprint density at radius 1 is 0.879 bits per heavy atom. The Balaban J connectivity index is 1.64. The number of anilines is 2. The van der Waals surface area contributed by atoms with Crippen LogP contribution in [0.1, 0.15) is 21.5 Å². The highest BCUT2D eigenvalue weighted by atomic mass is 35.5. The minimum absolute atomic E-state index is 0.0623. The fourth-order valence-corrected chi connectivity index (χ4v) is 4.50. The number of ketones is 1. The monoisotopic (exact) mass is 457 g/mol. The molecular formula is C26H20ClN3O3. The van der Waals surface area contributed by atoms with Crippen LogP contribution in [0.3, 0.4) is 0 Å². The molecule has 0 unspecified atom stereocenters. The normalized spacial score (nSPS) is 19.7. The zero-order chi connectivity index (χ0) is 23.3. The fourth-order valence-electron chi connectivity index (χ4n) is 4.33. The average Bonchev–Trinajstić information content (AvgIpc) is 3.33. The number of rotatable bonds is 4. The molecule has 0 aliphatic carbocycles. The van der Waals surface area contributed by atoms with Crippen LogP contribution >= 0.6 is 11.6 Å². The number of carbonyl (C=O) groups is 3. The van der Waals surface area contributed by atoms with Gasteiger partial charge in [-0.1, -0.05) is 65.7 Å². The Morgan fingerprint density at radius 2 is 1.58 bits per heavy atom. The maximum absolute atomic E-state index is 13.7. The average molecular weight is 458 g/mol. The lowest BCUT2D eigenvalue weighted by molar-refractivity contribution is -0.121. The van der Waals surface area contributed by atoms with E-state index in [-0.39, 0.29) is 11.5 Å². The van der Waals surface area contributed by atoms with Crippen molar-refractivity contribution in [2.45, 2.75) is 19.9 Å². The van der Waals surface area contributed by atoms with Crippen molar-refractivity contribution in [3.63, 3.8) is 0 Å². The summed E-state index contributed by atoms with van der Waals surface area (Å²) in [5.74, 6) is -2.29. The van der Waals surface area contributed by atoms with Gasteiger partial charge in [-0.05, 0) is 43.7 Å². The van der Waals surface area contributed by atoms with Crippen LogP contribution in [-0.2, 0) is 9.59 Å². The van der Waals surface area contributed by atoms with Gasteiger partial charge in [0.15, 0.2) is 0 Å². The summed E-state index contributed by atoms with van der Waals surface area (Å²) in [5, 5.41) is 6.48. The SMILES string of the molecule is Cc1ccc(N2N=C(C(=O)c3ccccc3)[C@@H]3C(=O)N(c4cccc(Cl)c4C)C(=O)[C@@H]32)cc1. The number of benzene rings is 3. The first-order valence-corrected chi connectivity index (χ1v) is 10.9. The molecule has 0 spiro atoms. The summed E-state index contributed by atoms with van der Waals surface area (Å²) in [7, 11) is 0. The number of carbonyl (C=O) groups excluding carboxylic acids is 3. The van der Waals surface area contributed by atoms with Gasteiger partial charge >= 0.3 is 0 Å². The van der Waals surface area contributed by atoms with E-state index in [1.807, 2.05) is 37.3 Å². The summed E-state index contributed by atoms with van der Waals surface area (Å²) in [6.45, 7) is 3.71. The number of Topliss-reactive ketones (excluding diaryl/α,β-unsaturated/α-hetero) is 1. The predicted molar refractivity (Wildman–Crippen MR) is 128 cm³/mol. The number of hydrogen-bond acceptors (Lipinski definition) is 5. The zero-order valence-electron chi connectivity index (χ0n) is 18.0. The van der Waals surface area contributed by atoms with Crippen molar-refractivity contribution in [2.24, 2.45) is 11.0 Å². The number of fused-ring (bicyclic) bond motifs is 1. The Kier molecular flexibility index (Phi) is 5.10. The van der Waals surface area contributed by atoms with Crippen LogP contribution < -0.4 is 9.91 Å². The summed E-state index contributed by atoms with van der Waals surface area (Å²) in [5.41, 5.74) is 3.20. The molecule has 2 aliphatic rings. The van der Waals surface area contributed by atoms with Gasteiger partial charge in [0.25, 0.3) is 5.91 Å². The molecule has 6 nitrogen and oxygen atoms in total. The summed E-state index contributed by atoms with van der Waals surface area (Å²) in [6, 6.07) is 20.3. The van der Waals surface area contributed by atoms with Crippen molar-refractivity contribution in [2.75, 3.05) is 9.91 Å². The molecular weight excluding hydrogens is 438 g/mol. The van der Waals surface area contributed by atoms with Gasteiger partial charge in [0, 0.05) is 10.6 Å². The third-order valence-electron chi connectivity index (χ3n) is 6.10. The lowest BCUT2D eigenvalue weighted by Crippen LogP contribution is -2.39. The molecule has 1 saturated heterocycles. The summed E-state index contributed by atoms with van der Waals surface area (Å²) < 4.78 is 0. The maximum Gasteiger partial charge on any atom is 0.259 e. The third kappa shape index (κ3) is 3.34. The molecule has 2 amide bonds. The van der Waals surface area contributed by atoms with Gasteiger partial charge in [0.05, 0.1) is 11.4 Å². The lowest BCUT2D eigenvalue weighted by Gasteiger charge is -2.23. The van der Waals surface area contributed by atoms with E-state index < -0.39 is 23.8 Å². The predicted octanol–water partition coefficient (Wildman–Crippen LogP) is 4.57. The number of aryl methyl sites for hydroxylation is 1. The van der Waals surface area contributed by atoms with Crippen LogP contribution in [-0.4, -0.2) is 29.4 Å². The van der Waals surface area contributed by atoms with E-state index in [1.54, 1.807) is 49.4 Å². The van der Waals surface area contributed by atoms with Crippen LogP contribution in [0.4, 0.5) is 11.4 Å². The number of nitrogens with zero attached hydrogens (tertiary/aromatic N) is 3. The first-order valence-electron chi connectivity index (χ1n) is 10.6. The highest BCUT2D eigenvalue weighted by Gasteiger charge is 2.58. The summed E-state index contributed by atoms with van der Waals surface area (Å²) in [6.07, 6.45) is 0. The second-order valence-electron chi connectivity index (χ2n) is 8.18. The highest BCUT2D eigenvalue weighted by Crippen LogP contribution is 2.40. The van der Waals surface area contributed by atoms with E-state index in [1.165, 1.54) is 5.01 Å². The van der Waals surface area contributed by atoms with Crippen molar-refractivity contribution >= 4 is 46.3 Å². The number of hydrogen-bond donors (Lipinski definition) is 0. The zero-order valence-corrected chi connectivity index (χ0v) is 18.8. The molecule has 2 aliphatic heterocycles. The Hall–Kier alpha value is -3.77. The Morgan fingerprint density at radius 3 is 2.27 bits per heavy atom. The van der Waals surface area contributed by atoms with Gasteiger partial charge in [0.1, 0.15) is 17.7 Å². The van der Waals surface area contributed by atoms with Gasteiger partial charge < -0.3 is 0 Å². The topological polar surface area (TPSA) is 70.1 Å². The third-order valence-corrected chi connectivity index (χ3v) is 6.51. The van der Waals surface area contributed by atoms with E-state index in [2.05, 4.69) is 5.10 Å². The van der Waals surface area contributed by atoms with E-state index >= 15 is 0 Å². The van der Waals surface area contributed by atoms with Gasteiger partial charge in [-0.25, -0.2) is 4.90 Å². The largest absolute Gasteiger partial charge is 0.287 e. The number of imide groups is 1. The quantitative estimate of drug-likeness (QED) is 0.425. The van der Waals surface area contributed by atoms with Crippen LogP contribution in [0, 0.1) is 19.8 Å². The molecule has 0 N–H and O–H groups in total. The molecule has 5 rings (SSSR count). The van der Waals surface area contributed by atoms with Gasteiger partial charge in [-0.15, -0.1) is 0 Å². The van der Waals surface area contributed by atoms with E-state index in [0.717, 1.165) is 10.5 Å². The highest BCUT2D eigenvalue weighted by molar-refractivity contribution is 6.53. The van der Waals surface area contributed by atoms with Crippen molar-refractivity contribution in [3.8, 4) is 0 Å². The molecule has 33 heavy (non-hydrogen) atoms. The molecule has 0 aromatic heterocycles. The molecule has 0 bridgehead atoms. The Bertz CT molecular complexity index is 1320. The standard InChI is InChI=1S/C26H20ClN3O3/c1-15-11-13-18(14-12-15)30-23-21(22(28-30)24(31)17-7-4-3-5-8-17)25(32)29(26(23)33)20-10-6-9-19(27)16(20)2/h3-14,21,23H,1-2H3/t21-,23+/m0/s1. The van der Waals surface area contributed by atoms with Crippen LogP contribution in [0.2, 0.25) is 5.02 Å². The number of hydrazone groups is 1. The van der Waals surface area contributed by atoms with Crippen molar-refractivity contribution in [3.05, 3.63) is 94.5 Å². The molecule has 0 saturated carbocycles. The minimum atomic E-state index is -1.01. The first kappa shape index (κ1) is 21.1. The summed E-state index contributed by atoms with van der Waals surface area (Å²) in [4.78, 5) is 41.8. The van der Waals surface area contributed by atoms with Crippen LogP contribution in [0.25, 0.3) is 0 Å². The Labute approximate surface area is 196 Å². The number of halogens is 1. The van der Waals surface area contributed by atoms with Gasteiger partial charge in [0.2, 0.25) is 11.7 Å². The van der Waals surface area contributed by atoms with Gasteiger partial charge in [-0.3, -0.25) is 19.4 Å². The lowest BCUT2D eigenvalue weighted by atomic mass is 9.92. The van der Waals surface area contributed by atoms with E-state index in [0.29, 0.717) is 27.5 Å². The van der Waals surface area contributed by atoms with Gasteiger partial charge in [-0.2, -0.15) is 5.10 Å². The van der Waals surface area contributed by atoms with E-state index in [9.17, 15) is 14.4 Å². The molecule has 2 atom stereocenters. The molecule has 164 valence electrons. The second kappa shape index (κ2) is 7.98. The minimum Gasteiger partial charge on any atom is -0.287 e.